The molecule has 0 aliphatic rings. The molecule has 2 aromatic heterocycles. The van der Waals surface area contributed by atoms with E-state index in [2.05, 4.69) is 20.5 Å². The average molecular weight is 262 g/mol. The summed E-state index contributed by atoms with van der Waals surface area (Å²) in [6.07, 6.45) is 1.66. The molecule has 1 unspecified atom stereocenters. The summed E-state index contributed by atoms with van der Waals surface area (Å²) in [5, 5.41) is 11.1. The number of anilines is 1. The molecule has 7 heteroatoms. The van der Waals surface area contributed by atoms with Crippen molar-refractivity contribution in [3.63, 3.8) is 0 Å². The first kappa shape index (κ1) is 12.4. The molecule has 0 aliphatic carbocycles. The fourth-order valence-corrected chi connectivity index (χ4v) is 1.74. The molecule has 0 aliphatic heterocycles. The minimum atomic E-state index is -0.00778. The van der Waals surface area contributed by atoms with Crippen LogP contribution in [0.25, 0.3) is 0 Å². The van der Waals surface area contributed by atoms with Gasteiger partial charge in [0.25, 0.3) is 0 Å². The molecule has 2 heterocycles. The molecular formula is C11H14N6S. The van der Waals surface area contributed by atoms with Gasteiger partial charge in [-0.15, -0.1) is 10.2 Å². The molecule has 1 atom stereocenters. The van der Waals surface area contributed by atoms with E-state index in [1.165, 1.54) is 0 Å². The molecule has 94 valence electrons. The number of nitrogens with zero attached hydrogens (tertiary/aromatic N) is 4. The number of aryl methyl sites for hydroxylation is 1. The van der Waals surface area contributed by atoms with E-state index in [-0.39, 0.29) is 11.0 Å². The van der Waals surface area contributed by atoms with Gasteiger partial charge in [-0.25, -0.2) is 4.98 Å². The van der Waals surface area contributed by atoms with E-state index in [1.54, 1.807) is 12.4 Å². The van der Waals surface area contributed by atoms with Crippen LogP contribution in [0.5, 0.6) is 0 Å². The number of thiocarbonyl (C=S) groups is 1. The molecule has 0 bridgehead atoms. The summed E-state index contributed by atoms with van der Waals surface area (Å²) in [6.45, 7) is 1.99. The molecule has 0 aromatic carbocycles. The highest BCUT2D eigenvalue weighted by atomic mass is 32.1. The van der Waals surface area contributed by atoms with Crippen LogP contribution in [0, 0.1) is 0 Å². The molecule has 18 heavy (non-hydrogen) atoms. The van der Waals surface area contributed by atoms with Gasteiger partial charge in [0.15, 0.2) is 5.82 Å². The van der Waals surface area contributed by atoms with Gasteiger partial charge in [-0.3, -0.25) is 0 Å². The molecule has 0 fully saturated rings. The molecule has 0 spiro atoms. The van der Waals surface area contributed by atoms with Gasteiger partial charge in [0.2, 0.25) is 0 Å². The quantitative estimate of drug-likeness (QED) is 0.801. The van der Waals surface area contributed by atoms with Crippen LogP contribution in [-0.4, -0.2) is 24.7 Å². The lowest BCUT2D eigenvalue weighted by Crippen LogP contribution is -2.15. The van der Waals surface area contributed by atoms with Crippen LogP contribution in [-0.2, 0) is 7.05 Å². The van der Waals surface area contributed by atoms with Crippen LogP contribution in [0.2, 0.25) is 0 Å². The van der Waals surface area contributed by atoms with Crippen molar-refractivity contribution < 1.29 is 0 Å². The highest BCUT2D eigenvalue weighted by Gasteiger charge is 2.11. The molecule has 3 N–H and O–H groups in total. The summed E-state index contributed by atoms with van der Waals surface area (Å²) in [4.78, 5) is 4.60. The zero-order chi connectivity index (χ0) is 13.1. The lowest BCUT2D eigenvalue weighted by Gasteiger charge is -2.13. The maximum atomic E-state index is 5.55. The Balaban J connectivity index is 2.17. The lowest BCUT2D eigenvalue weighted by molar-refractivity contribution is 0.716. The lowest BCUT2D eigenvalue weighted by atomic mass is 10.3. The van der Waals surface area contributed by atoms with Crippen molar-refractivity contribution in [1.82, 2.24) is 19.7 Å². The minimum absolute atomic E-state index is 0.00778. The summed E-state index contributed by atoms with van der Waals surface area (Å²) in [5.41, 5.74) is 6.14. The van der Waals surface area contributed by atoms with Crippen LogP contribution in [0.4, 0.5) is 5.82 Å². The maximum Gasteiger partial charge on any atom is 0.154 e. The zero-order valence-corrected chi connectivity index (χ0v) is 11.0. The van der Waals surface area contributed by atoms with Crippen molar-refractivity contribution in [2.24, 2.45) is 12.8 Å². The third-order valence-electron chi connectivity index (χ3n) is 2.50. The fraction of sp³-hybridized carbons (Fsp3) is 0.273. The molecule has 2 aromatic rings. The first-order valence-corrected chi connectivity index (χ1v) is 5.86. The van der Waals surface area contributed by atoms with Crippen molar-refractivity contribution in [2.75, 3.05) is 5.32 Å². The number of rotatable bonds is 4. The predicted octanol–water partition coefficient (Wildman–Crippen LogP) is 1.02. The number of hydrogen-bond acceptors (Lipinski definition) is 5. The summed E-state index contributed by atoms with van der Waals surface area (Å²) >= 11 is 4.90. The van der Waals surface area contributed by atoms with Crippen LogP contribution >= 0.6 is 12.2 Å². The standard InChI is InChI=1S/C11H14N6S/c1-7(11-16-13-6-17(11)2)14-9-5-3-4-8(15-9)10(12)18/h3-7H,1-2H3,(H2,12,18)(H,14,15). The van der Waals surface area contributed by atoms with Crippen LogP contribution < -0.4 is 11.1 Å². The summed E-state index contributed by atoms with van der Waals surface area (Å²) in [5.74, 6) is 1.54. The number of nitrogens with one attached hydrogen (secondary N) is 1. The first-order valence-electron chi connectivity index (χ1n) is 5.45. The van der Waals surface area contributed by atoms with E-state index < -0.39 is 0 Å². The highest BCUT2D eigenvalue weighted by Crippen LogP contribution is 2.15. The van der Waals surface area contributed by atoms with Crippen molar-refractivity contribution in [3.8, 4) is 0 Å². The summed E-state index contributed by atoms with van der Waals surface area (Å²) in [7, 11) is 1.90. The van der Waals surface area contributed by atoms with Crippen LogP contribution in [0.1, 0.15) is 24.5 Å². The van der Waals surface area contributed by atoms with Crippen molar-refractivity contribution >= 4 is 23.0 Å². The summed E-state index contributed by atoms with van der Waals surface area (Å²) < 4.78 is 1.86. The third-order valence-corrected chi connectivity index (χ3v) is 2.71. The maximum absolute atomic E-state index is 5.55. The SMILES string of the molecule is CC(Nc1cccc(C(N)=S)n1)c1nncn1C. The molecule has 2 rings (SSSR count). The van der Waals surface area contributed by atoms with E-state index in [0.717, 1.165) is 5.82 Å². The van der Waals surface area contributed by atoms with Crippen molar-refractivity contribution in [3.05, 3.63) is 36.0 Å². The number of hydrogen-bond donors (Lipinski definition) is 2. The Hall–Kier alpha value is -2.02. The van der Waals surface area contributed by atoms with Crippen LogP contribution in [0.3, 0.4) is 0 Å². The number of nitrogens with two attached hydrogens (primary N) is 1. The van der Waals surface area contributed by atoms with Gasteiger partial charge in [0, 0.05) is 7.05 Å². The first-order chi connectivity index (χ1) is 8.58. The summed E-state index contributed by atoms with van der Waals surface area (Å²) in [6, 6.07) is 5.48. The molecule has 0 saturated carbocycles. The van der Waals surface area contributed by atoms with Crippen molar-refractivity contribution in [2.45, 2.75) is 13.0 Å². The van der Waals surface area contributed by atoms with Crippen molar-refractivity contribution in [1.29, 1.82) is 0 Å². The second kappa shape index (κ2) is 5.09. The van der Waals surface area contributed by atoms with Gasteiger partial charge in [-0.2, -0.15) is 0 Å². The molecule has 0 radical (unpaired) electrons. The average Bonchev–Trinajstić information content (AvgIpc) is 2.76. The largest absolute Gasteiger partial charge is 0.388 e. The second-order valence-corrected chi connectivity index (χ2v) is 4.38. The van der Waals surface area contributed by atoms with E-state index in [9.17, 15) is 0 Å². The third kappa shape index (κ3) is 2.62. The normalized spacial score (nSPS) is 12.1. The fourth-order valence-electron chi connectivity index (χ4n) is 1.62. The molecule has 0 amide bonds. The Bertz CT molecular complexity index is 564. The smallest absolute Gasteiger partial charge is 0.154 e. The zero-order valence-electron chi connectivity index (χ0n) is 10.2. The van der Waals surface area contributed by atoms with Gasteiger partial charge < -0.3 is 15.6 Å². The van der Waals surface area contributed by atoms with E-state index in [0.29, 0.717) is 11.5 Å². The predicted molar refractivity (Wildman–Crippen MR) is 73.2 cm³/mol. The second-order valence-electron chi connectivity index (χ2n) is 3.94. The Morgan fingerprint density at radius 2 is 2.28 bits per heavy atom. The topological polar surface area (TPSA) is 81.7 Å². The highest BCUT2D eigenvalue weighted by molar-refractivity contribution is 7.80. The monoisotopic (exact) mass is 262 g/mol. The Kier molecular flexibility index (Phi) is 3.52. The van der Waals surface area contributed by atoms with Gasteiger partial charge in [0.1, 0.15) is 17.1 Å². The molecule has 0 saturated heterocycles. The van der Waals surface area contributed by atoms with E-state index in [4.69, 9.17) is 18.0 Å². The molecule has 6 nitrogen and oxygen atoms in total. The van der Waals surface area contributed by atoms with Gasteiger partial charge in [0.05, 0.1) is 11.7 Å². The number of aromatic nitrogens is 4. The Morgan fingerprint density at radius 1 is 1.50 bits per heavy atom. The van der Waals surface area contributed by atoms with Crippen LogP contribution in [0.15, 0.2) is 24.5 Å². The minimum Gasteiger partial charge on any atom is -0.388 e. The van der Waals surface area contributed by atoms with E-state index in [1.807, 2.05) is 30.7 Å². The van der Waals surface area contributed by atoms with Gasteiger partial charge in [-0.05, 0) is 19.1 Å². The van der Waals surface area contributed by atoms with Gasteiger partial charge in [-0.1, -0.05) is 18.3 Å². The van der Waals surface area contributed by atoms with E-state index >= 15 is 0 Å². The van der Waals surface area contributed by atoms with Gasteiger partial charge >= 0.3 is 0 Å². The Labute approximate surface area is 110 Å². The molecular weight excluding hydrogens is 248 g/mol. The number of pyridine rings is 1. The Morgan fingerprint density at radius 3 is 2.89 bits per heavy atom.